The second-order valence-corrected chi connectivity index (χ2v) is 6.63. The van der Waals surface area contributed by atoms with Crippen LogP contribution in [0.2, 0.25) is 0 Å². The molecular formula is C19H25N3O2. The average Bonchev–Trinajstić information content (AvgIpc) is 3.02. The highest BCUT2D eigenvalue weighted by Gasteiger charge is 2.24. The van der Waals surface area contributed by atoms with Crippen molar-refractivity contribution < 1.29 is 9.53 Å². The number of esters is 1. The maximum atomic E-state index is 11.6. The third-order valence-electron chi connectivity index (χ3n) is 4.89. The molecule has 0 bridgehead atoms. The number of rotatable bonds is 5. The van der Waals surface area contributed by atoms with Gasteiger partial charge in [0.15, 0.2) is 0 Å². The van der Waals surface area contributed by atoms with Crippen molar-refractivity contribution in [2.45, 2.75) is 44.9 Å². The molecule has 0 N–H and O–H groups in total. The molecule has 128 valence electrons. The van der Waals surface area contributed by atoms with Crippen LogP contribution in [0.25, 0.3) is 11.3 Å². The summed E-state index contributed by atoms with van der Waals surface area (Å²) in [5, 5.41) is 8.13. The van der Waals surface area contributed by atoms with E-state index in [4.69, 9.17) is 4.74 Å². The minimum absolute atomic E-state index is 0.0470. The van der Waals surface area contributed by atoms with Crippen molar-refractivity contribution in [2.75, 3.05) is 6.61 Å². The van der Waals surface area contributed by atoms with E-state index in [2.05, 4.69) is 34.6 Å². The molecule has 1 fully saturated rings. The molecule has 2 aromatic rings. The zero-order valence-corrected chi connectivity index (χ0v) is 14.4. The monoisotopic (exact) mass is 327 g/mol. The number of hydrogen-bond acceptors (Lipinski definition) is 4. The normalized spacial score (nSPS) is 20.8. The molecule has 0 atom stereocenters. The predicted molar refractivity (Wildman–Crippen MR) is 92.4 cm³/mol. The molecule has 0 radical (unpaired) electrons. The average molecular weight is 327 g/mol. The van der Waals surface area contributed by atoms with Gasteiger partial charge in [0.2, 0.25) is 0 Å². The Morgan fingerprint density at radius 2 is 1.92 bits per heavy atom. The van der Waals surface area contributed by atoms with Gasteiger partial charge in [0.05, 0.1) is 12.8 Å². The van der Waals surface area contributed by atoms with Crippen molar-refractivity contribution in [3.63, 3.8) is 0 Å². The summed E-state index contributed by atoms with van der Waals surface area (Å²) in [6.45, 7) is 2.34. The van der Waals surface area contributed by atoms with Gasteiger partial charge in [-0.2, -0.15) is 0 Å². The third-order valence-corrected chi connectivity index (χ3v) is 4.89. The number of carbonyl (C=O) groups is 1. The van der Waals surface area contributed by atoms with E-state index in [-0.39, 0.29) is 5.97 Å². The topological polar surface area (TPSA) is 57.0 Å². The fourth-order valence-corrected chi connectivity index (χ4v) is 3.56. The third kappa shape index (κ3) is 4.02. The minimum Gasteiger partial charge on any atom is -0.466 e. The molecule has 1 aliphatic carbocycles. The highest BCUT2D eigenvalue weighted by molar-refractivity contribution is 5.69. The van der Waals surface area contributed by atoms with Crippen molar-refractivity contribution >= 4 is 5.97 Å². The molecule has 0 aliphatic heterocycles. The van der Waals surface area contributed by atoms with Crippen LogP contribution in [-0.4, -0.2) is 27.6 Å². The number of carbonyl (C=O) groups excluding carboxylic acids is 1. The highest BCUT2D eigenvalue weighted by Crippen LogP contribution is 2.37. The second kappa shape index (κ2) is 7.60. The molecule has 0 amide bonds. The molecule has 1 saturated carbocycles. The van der Waals surface area contributed by atoms with E-state index in [9.17, 15) is 4.79 Å². The molecule has 24 heavy (non-hydrogen) atoms. The summed E-state index contributed by atoms with van der Waals surface area (Å²) in [7, 11) is 1.87. The Labute approximate surface area is 143 Å². The lowest BCUT2D eigenvalue weighted by molar-refractivity contribution is -0.144. The molecule has 0 spiro atoms. The fraction of sp³-hybridized carbons (Fsp3) is 0.526. The predicted octanol–water partition coefficient (Wildman–Crippen LogP) is 3.71. The molecule has 0 saturated heterocycles. The second-order valence-electron chi connectivity index (χ2n) is 6.63. The van der Waals surface area contributed by atoms with Crippen LogP contribution in [0.1, 0.15) is 50.5 Å². The van der Waals surface area contributed by atoms with E-state index in [1.807, 2.05) is 20.2 Å². The Hall–Kier alpha value is -2.17. The van der Waals surface area contributed by atoms with E-state index >= 15 is 0 Å². The van der Waals surface area contributed by atoms with Crippen LogP contribution in [-0.2, 0) is 16.6 Å². The first-order chi connectivity index (χ1) is 11.7. The Morgan fingerprint density at radius 3 is 2.50 bits per heavy atom. The van der Waals surface area contributed by atoms with Crippen molar-refractivity contribution in [1.29, 1.82) is 0 Å². The summed E-state index contributed by atoms with van der Waals surface area (Å²) >= 11 is 0. The maximum absolute atomic E-state index is 11.6. The zero-order valence-electron chi connectivity index (χ0n) is 14.4. The van der Waals surface area contributed by atoms with Crippen LogP contribution in [0.15, 0.2) is 30.5 Å². The van der Waals surface area contributed by atoms with Crippen LogP contribution < -0.4 is 0 Å². The van der Waals surface area contributed by atoms with Gasteiger partial charge in [0.1, 0.15) is 5.69 Å². The highest BCUT2D eigenvalue weighted by atomic mass is 16.5. The molecule has 5 nitrogen and oxygen atoms in total. The summed E-state index contributed by atoms with van der Waals surface area (Å²) in [5.74, 6) is 1.03. The number of benzene rings is 1. The lowest BCUT2D eigenvalue weighted by Gasteiger charge is -2.28. The lowest BCUT2D eigenvalue weighted by Crippen LogP contribution is -2.17. The van der Waals surface area contributed by atoms with E-state index < -0.39 is 0 Å². The summed E-state index contributed by atoms with van der Waals surface area (Å²) in [4.78, 5) is 11.6. The Kier molecular flexibility index (Phi) is 5.28. The van der Waals surface area contributed by atoms with Crippen molar-refractivity contribution in [2.24, 2.45) is 13.0 Å². The minimum atomic E-state index is -0.0470. The zero-order chi connectivity index (χ0) is 16.9. The number of ether oxygens (including phenoxy) is 1. The molecular weight excluding hydrogens is 302 g/mol. The summed E-state index contributed by atoms with van der Waals surface area (Å²) in [6, 6.07) is 8.68. The molecule has 3 rings (SSSR count). The number of nitrogens with zero attached hydrogens (tertiary/aromatic N) is 3. The summed E-state index contributed by atoms with van der Waals surface area (Å²) < 4.78 is 6.78. The first-order valence-corrected chi connectivity index (χ1v) is 8.78. The van der Waals surface area contributed by atoms with Gasteiger partial charge < -0.3 is 4.74 Å². The molecule has 5 heteroatoms. The lowest BCUT2D eigenvalue weighted by atomic mass is 9.77. The summed E-state index contributed by atoms with van der Waals surface area (Å²) in [6.07, 6.45) is 7.01. The Balaban J connectivity index is 1.56. The van der Waals surface area contributed by atoms with Gasteiger partial charge in [-0.25, -0.2) is 0 Å². The number of aromatic nitrogens is 3. The molecule has 1 aromatic heterocycles. The van der Waals surface area contributed by atoms with E-state index in [0.29, 0.717) is 24.9 Å². The standard InChI is InChI=1S/C19H25N3O2/c1-3-24-19(23)12-14-4-6-15(7-5-14)16-8-10-17(11-9-16)18-13-22(2)21-20-18/h8-11,13-15H,3-7,12H2,1-2H3. The smallest absolute Gasteiger partial charge is 0.306 e. The van der Waals surface area contributed by atoms with Gasteiger partial charge in [-0.3, -0.25) is 9.48 Å². The van der Waals surface area contributed by atoms with Gasteiger partial charge in [0, 0.05) is 19.0 Å². The van der Waals surface area contributed by atoms with Gasteiger partial charge in [-0.05, 0) is 50.0 Å². The van der Waals surface area contributed by atoms with Gasteiger partial charge in [-0.15, -0.1) is 5.10 Å². The van der Waals surface area contributed by atoms with Crippen molar-refractivity contribution in [3.05, 3.63) is 36.0 Å². The Morgan fingerprint density at radius 1 is 1.21 bits per heavy atom. The molecule has 1 heterocycles. The van der Waals surface area contributed by atoms with Crippen molar-refractivity contribution in [1.82, 2.24) is 15.0 Å². The van der Waals surface area contributed by atoms with Crippen LogP contribution in [0.3, 0.4) is 0 Å². The molecule has 1 aromatic carbocycles. The SMILES string of the molecule is CCOC(=O)CC1CCC(c2ccc(-c3cn(C)nn3)cc2)CC1. The van der Waals surface area contributed by atoms with Crippen LogP contribution in [0.5, 0.6) is 0 Å². The van der Waals surface area contributed by atoms with Gasteiger partial charge in [-0.1, -0.05) is 29.5 Å². The van der Waals surface area contributed by atoms with Crippen molar-refractivity contribution in [3.8, 4) is 11.3 Å². The first-order valence-electron chi connectivity index (χ1n) is 8.78. The van der Waals surface area contributed by atoms with E-state index in [0.717, 1.165) is 36.9 Å². The first kappa shape index (κ1) is 16.7. The van der Waals surface area contributed by atoms with Gasteiger partial charge >= 0.3 is 5.97 Å². The van der Waals surface area contributed by atoms with Crippen LogP contribution >= 0.6 is 0 Å². The van der Waals surface area contributed by atoms with Crippen LogP contribution in [0, 0.1) is 5.92 Å². The largest absolute Gasteiger partial charge is 0.466 e. The molecule has 1 aliphatic rings. The Bertz CT molecular complexity index is 670. The van der Waals surface area contributed by atoms with Crippen LogP contribution in [0.4, 0.5) is 0 Å². The van der Waals surface area contributed by atoms with E-state index in [1.54, 1.807) is 4.68 Å². The number of hydrogen-bond donors (Lipinski definition) is 0. The number of aryl methyl sites for hydroxylation is 1. The van der Waals surface area contributed by atoms with E-state index in [1.165, 1.54) is 5.56 Å². The van der Waals surface area contributed by atoms with Gasteiger partial charge in [0.25, 0.3) is 0 Å². The molecule has 0 unspecified atom stereocenters. The quantitative estimate of drug-likeness (QED) is 0.786. The summed E-state index contributed by atoms with van der Waals surface area (Å²) in [5.41, 5.74) is 3.39. The fourth-order valence-electron chi connectivity index (χ4n) is 3.56. The maximum Gasteiger partial charge on any atom is 0.306 e.